The number of H-pyrrole nitrogens is 2. The molecule has 4 heterocycles. The molecule has 0 spiro atoms. The lowest BCUT2D eigenvalue weighted by molar-refractivity contribution is 0.0917. The second-order valence-corrected chi connectivity index (χ2v) is 10.7. The number of aromatic nitrogens is 4. The van der Waals surface area contributed by atoms with E-state index in [1.807, 2.05) is 65.6 Å². The minimum atomic E-state index is -0.313. The van der Waals surface area contributed by atoms with Gasteiger partial charge in [-0.1, -0.05) is 72.3 Å². The van der Waals surface area contributed by atoms with Crippen molar-refractivity contribution in [2.45, 2.75) is 13.2 Å². The first-order chi connectivity index (χ1) is 22.9. The molecule has 14 nitrogen and oxygen atoms in total. The Morgan fingerprint density at radius 2 is 1.17 bits per heavy atom. The number of ether oxygens (including phenoxy) is 2. The summed E-state index contributed by atoms with van der Waals surface area (Å²) in [7, 11) is 0. The number of hydrogen-bond donors (Lipinski definition) is 3. The zero-order valence-corrected chi connectivity index (χ0v) is 26.5. The van der Waals surface area contributed by atoms with Crippen LogP contribution in [0.5, 0.6) is 0 Å². The van der Waals surface area contributed by atoms with E-state index in [1.165, 1.54) is 24.8 Å². The maximum absolute atomic E-state index is 12.1. The third-order valence-electron chi connectivity index (χ3n) is 6.96. The summed E-state index contributed by atoms with van der Waals surface area (Å²) in [4.78, 5) is 63.3. The Bertz CT molecular complexity index is 1640. The van der Waals surface area contributed by atoms with Gasteiger partial charge in [-0.3, -0.25) is 9.59 Å². The fourth-order valence-corrected chi connectivity index (χ4v) is 4.61. The van der Waals surface area contributed by atoms with Crippen LogP contribution in [0.4, 0.5) is 15.4 Å². The molecule has 0 aliphatic carbocycles. The lowest BCUT2D eigenvalue weighted by Crippen LogP contribution is -2.49. The summed E-state index contributed by atoms with van der Waals surface area (Å²) >= 11 is 5.31. The first-order valence-electron chi connectivity index (χ1n) is 15.0. The predicted octanol–water partition coefficient (Wildman–Crippen LogP) is 2.88. The van der Waals surface area contributed by atoms with Crippen molar-refractivity contribution in [2.24, 2.45) is 0 Å². The quantitative estimate of drug-likeness (QED) is 0.270. The molecule has 15 heteroatoms. The third-order valence-corrected chi connectivity index (χ3v) is 7.16. The van der Waals surface area contributed by atoms with Crippen molar-refractivity contribution in [2.75, 3.05) is 57.3 Å². The van der Waals surface area contributed by atoms with Crippen LogP contribution < -0.4 is 21.3 Å². The molecule has 0 saturated carbocycles. The molecule has 2 aliphatic heterocycles. The number of nitrogens with one attached hydrogen (secondary N) is 3. The van der Waals surface area contributed by atoms with Crippen molar-refractivity contribution < 1.29 is 19.1 Å². The van der Waals surface area contributed by atoms with Gasteiger partial charge in [-0.25, -0.2) is 19.6 Å². The average molecular weight is 665 g/mol. The number of nitrogens with zero attached hydrogens (tertiary/aromatic N) is 5. The molecule has 47 heavy (non-hydrogen) atoms. The van der Waals surface area contributed by atoms with Crippen LogP contribution in [0.15, 0.2) is 95.0 Å². The maximum Gasteiger partial charge on any atom is 0.410 e. The normalized spacial score (nSPS) is 14.1. The highest BCUT2D eigenvalue weighted by Gasteiger charge is 2.23. The lowest BCUT2D eigenvalue weighted by atomic mass is 10.2. The lowest BCUT2D eigenvalue weighted by Gasteiger charge is -2.34. The molecule has 2 saturated heterocycles. The highest BCUT2D eigenvalue weighted by molar-refractivity contribution is 6.29. The Hall–Kier alpha value is -5.21. The minimum Gasteiger partial charge on any atom is -0.445 e. The van der Waals surface area contributed by atoms with Gasteiger partial charge in [0.15, 0.2) is 0 Å². The fraction of sp³-hybridized carbons (Fsp3) is 0.312. The summed E-state index contributed by atoms with van der Waals surface area (Å²) < 4.78 is 10.6. The van der Waals surface area contributed by atoms with E-state index < -0.39 is 0 Å². The number of rotatable bonds is 5. The number of carbonyl (C=O) groups excluding carboxylic acids is 2. The molecule has 6 rings (SSSR count). The zero-order chi connectivity index (χ0) is 33.3. The number of benzene rings is 2. The highest BCUT2D eigenvalue weighted by atomic mass is 35.5. The maximum atomic E-state index is 12.1. The smallest absolute Gasteiger partial charge is 0.410 e. The topological polar surface area (TPSA) is 166 Å². The van der Waals surface area contributed by atoms with Crippen molar-refractivity contribution >= 4 is 29.6 Å². The van der Waals surface area contributed by atoms with Gasteiger partial charge in [0.25, 0.3) is 11.1 Å². The summed E-state index contributed by atoms with van der Waals surface area (Å²) in [6.07, 6.45) is 2.11. The summed E-state index contributed by atoms with van der Waals surface area (Å²) in [5.74, 6) is 0.631. The number of halogens is 1. The van der Waals surface area contributed by atoms with Crippen molar-refractivity contribution in [1.29, 1.82) is 0 Å². The molecule has 0 bridgehead atoms. The van der Waals surface area contributed by atoms with Crippen LogP contribution in [-0.4, -0.2) is 94.3 Å². The van der Waals surface area contributed by atoms with Crippen LogP contribution in [0.2, 0.25) is 5.15 Å². The average Bonchev–Trinajstić information content (AvgIpc) is 3.11. The number of hydrogen-bond acceptors (Lipinski definition) is 10. The highest BCUT2D eigenvalue weighted by Crippen LogP contribution is 2.12. The van der Waals surface area contributed by atoms with E-state index in [0.29, 0.717) is 38.6 Å². The molecular formula is C32H37ClN8O6. The Kier molecular flexibility index (Phi) is 13.8. The van der Waals surface area contributed by atoms with Crippen LogP contribution in [0.3, 0.4) is 0 Å². The van der Waals surface area contributed by atoms with Gasteiger partial charge in [-0.05, 0) is 11.1 Å². The Morgan fingerprint density at radius 1 is 0.681 bits per heavy atom. The van der Waals surface area contributed by atoms with Gasteiger partial charge in [-0.15, -0.1) is 0 Å². The molecule has 2 amide bonds. The van der Waals surface area contributed by atoms with Gasteiger partial charge in [0.1, 0.15) is 24.2 Å². The van der Waals surface area contributed by atoms with Gasteiger partial charge >= 0.3 is 12.2 Å². The van der Waals surface area contributed by atoms with Gasteiger partial charge in [0, 0.05) is 64.5 Å². The summed E-state index contributed by atoms with van der Waals surface area (Å²) in [5, 5.41) is 3.41. The molecule has 248 valence electrons. The van der Waals surface area contributed by atoms with Crippen LogP contribution >= 0.6 is 11.6 Å². The largest absolute Gasteiger partial charge is 0.445 e. The van der Waals surface area contributed by atoms with Crippen molar-refractivity contribution in [3.63, 3.8) is 0 Å². The summed E-state index contributed by atoms with van der Waals surface area (Å²) in [6.45, 7) is 6.11. The van der Waals surface area contributed by atoms with E-state index in [2.05, 4.69) is 25.3 Å². The SMILES string of the molecule is O=C(OCc1ccccc1)N1CCN(c2cc(=O)[nH]cn2)CC1.O=C(OCc1ccccc1)N1CCNCC1.O=c1cc(Cl)nc[nH]1. The third kappa shape index (κ3) is 12.2. The molecule has 0 radical (unpaired) electrons. The van der Waals surface area contributed by atoms with E-state index in [0.717, 1.165) is 37.3 Å². The van der Waals surface area contributed by atoms with E-state index >= 15 is 0 Å². The number of aromatic amines is 2. The molecule has 3 N–H and O–H groups in total. The molecule has 0 unspecified atom stereocenters. The summed E-state index contributed by atoms with van der Waals surface area (Å²) in [6, 6.07) is 22.0. The number of piperazine rings is 2. The number of anilines is 1. The fourth-order valence-electron chi connectivity index (χ4n) is 4.46. The minimum absolute atomic E-state index is 0.181. The number of carbonyl (C=O) groups is 2. The van der Waals surface area contributed by atoms with Crippen LogP contribution in [0.1, 0.15) is 11.1 Å². The molecule has 2 aliphatic rings. The Morgan fingerprint density at radius 3 is 1.64 bits per heavy atom. The second kappa shape index (κ2) is 18.7. The van der Waals surface area contributed by atoms with Gasteiger partial charge in [-0.2, -0.15) is 0 Å². The van der Waals surface area contributed by atoms with Crippen molar-refractivity contribution in [1.82, 2.24) is 35.1 Å². The van der Waals surface area contributed by atoms with E-state index in [4.69, 9.17) is 21.1 Å². The number of amides is 2. The van der Waals surface area contributed by atoms with E-state index in [1.54, 1.807) is 9.80 Å². The Labute approximate surface area is 276 Å². The monoisotopic (exact) mass is 664 g/mol. The second-order valence-electron chi connectivity index (χ2n) is 10.3. The molecule has 0 atom stereocenters. The van der Waals surface area contributed by atoms with E-state index in [-0.39, 0.29) is 35.1 Å². The van der Waals surface area contributed by atoms with E-state index in [9.17, 15) is 19.2 Å². The molecule has 4 aromatic rings. The van der Waals surface area contributed by atoms with Crippen molar-refractivity contribution in [3.8, 4) is 0 Å². The Balaban J connectivity index is 0.000000180. The molecule has 2 aromatic carbocycles. The van der Waals surface area contributed by atoms with Crippen molar-refractivity contribution in [3.05, 3.63) is 122 Å². The molecular weight excluding hydrogens is 628 g/mol. The first kappa shape index (κ1) is 34.7. The zero-order valence-electron chi connectivity index (χ0n) is 25.7. The van der Waals surface area contributed by atoms with Gasteiger partial charge < -0.3 is 39.5 Å². The van der Waals surface area contributed by atoms with Crippen LogP contribution in [0, 0.1) is 0 Å². The standard InChI is InChI=1S/C16H18N4O3.C12H16N2O2.C4H3ClN2O/c21-15-10-14(17-12-18-15)19-6-8-20(9-7-19)16(22)23-11-13-4-2-1-3-5-13;15-12(14-8-6-13-7-9-14)16-10-11-4-2-1-3-5-11;5-3-1-4(8)7-2-6-3/h1-5,10,12H,6-9,11H2,(H,17,18,21);1-5,13H,6-10H2;1-2H,(H,6,7,8). The van der Waals surface area contributed by atoms with Gasteiger partial charge in [0.05, 0.1) is 12.7 Å². The van der Waals surface area contributed by atoms with Crippen LogP contribution in [-0.2, 0) is 22.7 Å². The first-order valence-corrected chi connectivity index (χ1v) is 15.4. The molecule has 2 fully saturated rings. The van der Waals surface area contributed by atoms with Gasteiger partial charge in [0.2, 0.25) is 0 Å². The molecule has 2 aromatic heterocycles. The summed E-state index contributed by atoms with van der Waals surface area (Å²) in [5.41, 5.74) is 1.57. The van der Waals surface area contributed by atoms with Crippen LogP contribution in [0.25, 0.3) is 0 Å². The predicted molar refractivity (Wildman–Crippen MR) is 176 cm³/mol.